The molecule has 0 fully saturated rings. The minimum Gasteiger partial charge on any atom is -0.492 e. The Hall–Kier alpha value is -0.810. The maximum atomic E-state index is 5.49. The van der Waals surface area contributed by atoms with Crippen molar-refractivity contribution in [1.29, 1.82) is 0 Å². The molecule has 0 aromatic carbocycles. The van der Waals surface area contributed by atoms with Crippen LogP contribution in [0.15, 0.2) is 10.7 Å². The highest BCUT2D eigenvalue weighted by Crippen LogP contribution is 2.36. The van der Waals surface area contributed by atoms with E-state index in [1.54, 1.807) is 20.4 Å². The Morgan fingerprint density at radius 3 is 2.46 bits per heavy atom. The molecular weight excluding hydrogens is 236 g/mol. The molecule has 0 amide bonds. The predicted molar refractivity (Wildman–Crippen MR) is 52.9 cm³/mol. The van der Waals surface area contributed by atoms with Crippen LogP contribution in [0, 0.1) is 0 Å². The fourth-order valence-corrected chi connectivity index (χ4v) is 1.48. The molecule has 0 saturated heterocycles. The monoisotopic (exact) mass is 246 g/mol. The molecule has 0 saturated carbocycles. The van der Waals surface area contributed by atoms with Crippen LogP contribution in [0.3, 0.4) is 0 Å². The van der Waals surface area contributed by atoms with Crippen LogP contribution < -0.4 is 15.2 Å². The van der Waals surface area contributed by atoms with Crippen LogP contribution in [-0.4, -0.2) is 19.2 Å². The molecular formula is C8H11BrN2O2. The summed E-state index contributed by atoms with van der Waals surface area (Å²) in [6.07, 6.45) is 1.64. The van der Waals surface area contributed by atoms with Gasteiger partial charge in [-0.05, 0) is 15.9 Å². The van der Waals surface area contributed by atoms with Crippen molar-refractivity contribution in [2.75, 3.05) is 14.2 Å². The lowest BCUT2D eigenvalue weighted by molar-refractivity contribution is 0.347. The summed E-state index contributed by atoms with van der Waals surface area (Å²) in [6.45, 7) is 0.326. The Morgan fingerprint density at radius 1 is 1.38 bits per heavy atom. The maximum absolute atomic E-state index is 5.49. The normalized spacial score (nSPS) is 9.85. The van der Waals surface area contributed by atoms with E-state index < -0.39 is 0 Å². The average Bonchev–Trinajstić information content (AvgIpc) is 2.17. The van der Waals surface area contributed by atoms with Crippen molar-refractivity contribution in [3.05, 3.63) is 16.4 Å². The Morgan fingerprint density at radius 2 is 2.00 bits per heavy atom. The minimum absolute atomic E-state index is 0.326. The Labute approximate surface area is 85.2 Å². The SMILES string of the molecule is COc1c(Br)cnc(CN)c1OC. The molecule has 1 rings (SSSR count). The summed E-state index contributed by atoms with van der Waals surface area (Å²) < 4.78 is 11.0. The highest BCUT2D eigenvalue weighted by Gasteiger charge is 2.13. The minimum atomic E-state index is 0.326. The van der Waals surface area contributed by atoms with Crippen molar-refractivity contribution < 1.29 is 9.47 Å². The number of nitrogens with two attached hydrogens (primary N) is 1. The van der Waals surface area contributed by atoms with Crippen LogP contribution in [-0.2, 0) is 6.54 Å². The lowest BCUT2D eigenvalue weighted by atomic mass is 10.3. The summed E-state index contributed by atoms with van der Waals surface area (Å²) in [6, 6.07) is 0. The van der Waals surface area contributed by atoms with Crippen molar-refractivity contribution in [2.45, 2.75) is 6.54 Å². The van der Waals surface area contributed by atoms with Gasteiger partial charge in [-0.15, -0.1) is 0 Å². The highest BCUT2D eigenvalue weighted by atomic mass is 79.9. The van der Waals surface area contributed by atoms with Crippen molar-refractivity contribution in [1.82, 2.24) is 4.98 Å². The molecule has 0 radical (unpaired) electrons. The van der Waals surface area contributed by atoms with Crippen LogP contribution in [0.25, 0.3) is 0 Å². The highest BCUT2D eigenvalue weighted by molar-refractivity contribution is 9.10. The van der Waals surface area contributed by atoms with Gasteiger partial charge in [-0.2, -0.15) is 0 Å². The second-order valence-electron chi connectivity index (χ2n) is 2.32. The standard InChI is InChI=1S/C8H11BrN2O2/c1-12-7-5(9)4-11-6(3-10)8(7)13-2/h4H,3,10H2,1-2H3. The third-order valence-electron chi connectivity index (χ3n) is 1.62. The number of pyridine rings is 1. The van der Waals surface area contributed by atoms with Crippen molar-refractivity contribution in [2.24, 2.45) is 5.73 Å². The smallest absolute Gasteiger partial charge is 0.184 e. The molecule has 5 heteroatoms. The predicted octanol–water partition coefficient (Wildman–Crippen LogP) is 1.32. The van der Waals surface area contributed by atoms with E-state index >= 15 is 0 Å². The van der Waals surface area contributed by atoms with Gasteiger partial charge in [0.05, 0.1) is 24.4 Å². The molecule has 72 valence electrons. The first-order chi connectivity index (χ1) is 6.24. The summed E-state index contributed by atoms with van der Waals surface area (Å²) >= 11 is 3.30. The topological polar surface area (TPSA) is 57.4 Å². The number of halogens is 1. The van der Waals surface area contributed by atoms with E-state index in [4.69, 9.17) is 15.2 Å². The van der Waals surface area contributed by atoms with Crippen LogP contribution >= 0.6 is 15.9 Å². The Kier molecular flexibility index (Phi) is 3.50. The number of ether oxygens (including phenoxy) is 2. The molecule has 4 nitrogen and oxygen atoms in total. The number of aromatic nitrogens is 1. The largest absolute Gasteiger partial charge is 0.492 e. The van der Waals surface area contributed by atoms with Gasteiger partial charge in [0.15, 0.2) is 11.5 Å². The molecule has 1 aromatic rings. The second-order valence-corrected chi connectivity index (χ2v) is 3.18. The Bertz CT molecular complexity index is 304. The molecule has 0 atom stereocenters. The van der Waals surface area contributed by atoms with Gasteiger partial charge in [-0.3, -0.25) is 4.98 Å². The fraction of sp³-hybridized carbons (Fsp3) is 0.375. The number of rotatable bonds is 3. The zero-order chi connectivity index (χ0) is 9.84. The van der Waals surface area contributed by atoms with Crippen LogP contribution in [0.2, 0.25) is 0 Å². The fourth-order valence-electron chi connectivity index (χ4n) is 1.04. The summed E-state index contributed by atoms with van der Waals surface area (Å²) in [5.74, 6) is 1.21. The molecule has 0 aliphatic carbocycles. The van der Waals surface area contributed by atoms with E-state index in [1.165, 1.54) is 0 Å². The Balaban J connectivity index is 3.27. The van der Waals surface area contributed by atoms with Gasteiger partial charge in [0, 0.05) is 12.7 Å². The van der Waals surface area contributed by atoms with E-state index in [1.807, 2.05) is 0 Å². The maximum Gasteiger partial charge on any atom is 0.184 e. The summed E-state index contributed by atoms with van der Waals surface area (Å²) in [7, 11) is 3.13. The lowest BCUT2D eigenvalue weighted by Crippen LogP contribution is -2.04. The average molecular weight is 247 g/mol. The summed E-state index contributed by atoms with van der Waals surface area (Å²) in [5, 5.41) is 0. The zero-order valence-corrected chi connectivity index (χ0v) is 9.09. The molecule has 2 N–H and O–H groups in total. The first-order valence-electron chi connectivity index (χ1n) is 3.70. The van der Waals surface area contributed by atoms with Crippen LogP contribution in [0.4, 0.5) is 0 Å². The molecule has 0 bridgehead atoms. The third-order valence-corrected chi connectivity index (χ3v) is 2.19. The van der Waals surface area contributed by atoms with Gasteiger partial charge in [0.25, 0.3) is 0 Å². The lowest BCUT2D eigenvalue weighted by Gasteiger charge is -2.11. The van der Waals surface area contributed by atoms with Gasteiger partial charge >= 0.3 is 0 Å². The molecule has 0 spiro atoms. The number of hydrogen-bond acceptors (Lipinski definition) is 4. The molecule has 0 aliphatic rings. The first kappa shape index (κ1) is 10.3. The van der Waals surface area contributed by atoms with Crippen LogP contribution in [0.1, 0.15) is 5.69 Å². The van der Waals surface area contributed by atoms with Crippen molar-refractivity contribution >= 4 is 15.9 Å². The molecule has 1 heterocycles. The van der Waals surface area contributed by atoms with Crippen LogP contribution in [0.5, 0.6) is 11.5 Å². The molecule has 0 unspecified atom stereocenters. The van der Waals surface area contributed by atoms with E-state index in [-0.39, 0.29) is 0 Å². The zero-order valence-electron chi connectivity index (χ0n) is 7.50. The number of methoxy groups -OCH3 is 2. The number of hydrogen-bond donors (Lipinski definition) is 1. The van der Waals surface area contributed by atoms with Crippen molar-refractivity contribution in [3.8, 4) is 11.5 Å². The third kappa shape index (κ3) is 1.92. The van der Waals surface area contributed by atoms with Gasteiger partial charge in [-0.25, -0.2) is 0 Å². The number of nitrogens with zero attached hydrogens (tertiary/aromatic N) is 1. The molecule has 1 aromatic heterocycles. The van der Waals surface area contributed by atoms with Gasteiger partial charge < -0.3 is 15.2 Å². The van der Waals surface area contributed by atoms with Gasteiger partial charge in [0.2, 0.25) is 0 Å². The molecule has 0 aliphatic heterocycles. The van der Waals surface area contributed by atoms with Crippen molar-refractivity contribution in [3.63, 3.8) is 0 Å². The summed E-state index contributed by atoms with van der Waals surface area (Å²) in [5.41, 5.74) is 6.17. The first-order valence-corrected chi connectivity index (χ1v) is 4.49. The van der Waals surface area contributed by atoms with Gasteiger partial charge in [0.1, 0.15) is 0 Å². The van der Waals surface area contributed by atoms with E-state index in [2.05, 4.69) is 20.9 Å². The van der Waals surface area contributed by atoms with E-state index in [0.29, 0.717) is 23.7 Å². The quantitative estimate of drug-likeness (QED) is 0.875. The second kappa shape index (κ2) is 4.43. The van der Waals surface area contributed by atoms with Gasteiger partial charge in [-0.1, -0.05) is 0 Å². The van der Waals surface area contributed by atoms with E-state index in [0.717, 1.165) is 4.47 Å². The molecule has 13 heavy (non-hydrogen) atoms. The van der Waals surface area contributed by atoms with E-state index in [9.17, 15) is 0 Å². The summed E-state index contributed by atoms with van der Waals surface area (Å²) in [4.78, 5) is 4.10.